The lowest BCUT2D eigenvalue weighted by Crippen LogP contribution is -2.48. The van der Waals surface area contributed by atoms with Crippen molar-refractivity contribution in [1.29, 1.82) is 0 Å². The van der Waals surface area contributed by atoms with Crippen molar-refractivity contribution in [3.8, 4) is 0 Å². The second-order valence-corrected chi connectivity index (χ2v) is 8.81. The van der Waals surface area contributed by atoms with Gasteiger partial charge in [-0.25, -0.2) is 8.42 Å². The summed E-state index contributed by atoms with van der Waals surface area (Å²) in [5, 5.41) is 0. The maximum Gasteiger partial charge on any atom is 0.243 e. The Morgan fingerprint density at radius 1 is 1.12 bits per heavy atom. The van der Waals surface area contributed by atoms with Crippen LogP contribution in [0.2, 0.25) is 0 Å². The van der Waals surface area contributed by atoms with Gasteiger partial charge in [0.15, 0.2) is 0 Å². The van der Waals surface area contributed by atoms with Crippen molar-refractivity contribution >= 4 is 21.6 Å². The molecule has 0 radical (unpaired) electrons. The first-order valence-corrected chi connectivity index (χ1v) is 10.4. The maximum atomic E-state index is 13.0. The Balaban J connectivity index is 1.56. The number of hydrogen-bond acceptors (Lipinski definition) is 3. The molecule has 2 aromatic rings. The second kappa shape index (κ2) is 6.52. The minimum atomic E-state index is -3.53. The molecule has 4 rings (SSSR count). The van der Waals surface area contributed by atoms with Crippen LogP contribution in [-0.4, -0.2) is 38.3 Å². The molecule has 0 aromatic heterocycles. The number of sulfonamides is 1. The Morgan fingerprint density at radius 3 is 2.54 bits per heavy atom. The highest BCUT2D eigenvalue weighted by Crippen LogP contribution is 2.35. The summed E-state index contributed by atoms with van der Waals surface area (Å²) in [6.45, 7) is 3.46. The van der Waals surface area contributed by atoms with Crippen LogP contribution < -0.4 is 4.90 Å². The third-order valence-electron chi connectivity index (χ3n) is 5.31. The van der Waals surface area contributed by atoms with Crippen LogP contribution in [0.4, 0.5) is 5.69 Å². The lowest BCUT2D eigenvalue weighted by molar-refractivity contribution is -0.118. The van der Waals surface area contributed by atoms with Crippen molar-refractivity contribution in [2.75, 3.05) is 24.5 Å². The molecule has 6 heteroatoms. The summed E-state index contributed by atoms with van der Waals surface area (Å²) in [6.07, 6.45) is 1.20. The van der Waals surface area contributed by atoms with E-state index in [9.17, 15) is 13.2 Å². The van der Waals surface area contributed by atoms with E-state index in [0.717, 1.165) is 17.7 Å². The molecule has 2 aliphatic rings. The molecule has 0 saturated carbocycles. The lowest BCUT2D eigenvalue weighted by Gasteiger charge is -2.38. The third-order valence-corrected chi connectivity index (χ3v) is 7.14. The molecule has 0 N–H and O–H groups in total. The minimum Gasteiger partial charge on any atom is -0.312 e. The highest BCUT2D eigenvalue weighted by Gasteiger charge is 2.38. The van der Waals surface area contributed by atoms with Crippen molar-refractivity contribution in [3.63, 3.8) is 0 Å². The van der Waals surface area contributed by atoms with Gasteiger partial charge in [0.05, 0.1) is 4.90 Å². The van der Waals surface area contributed by atoms with Crippen LogP contribution in [-0.2, 0) is 21.2 Å². The molecule has 0 spiro atoms. The van der Waals surface area contributed by atoms with Crippen LogP contribution in [0, 0.1) is 0 Å². The Labute approximate surface area is 154 Å². The largest absolute Gasteiger partial charge is 0.312 e. The molecule has 5 nitrogen and oxygen atoms in total. The number of carbonyl (C=O) groups excluding carboxylic acids is 1. The zero-order chi connectivity index (χ0) is 18.3. The number of fused-ring (bicyclic) bond motifs is 1. The summed E-state index contributed by atoms with van der Waals surface area (Å²) >= 11 is 0. The lowest BCUT2D eigenvalue weighted by atomic mass is 9.94. The fourth-order valence-electron chi connectivity index (χ4n) is 3.69. The molecule has 1 amide bonds. The van der Waals surface area contributed by atoms with Crippen molar-refractivity contribution in [2.45, 2.75) is 30.6 Å². The molecule has 1 fully saturated rings. The number of nitrogens with zero attached hydrogens (tertiary/aromatic N) is 2. The zero-order valence-electron chi connectivity index (χ0n) is 14.8. The van der Waals surface area contributed by atoms with Gasteiger partial charge in [-0.2, -0.15) is 4.31 Å². The first-order chi connectivity index (χ1) is 12.5. The van der Waals surface area contributed by atoms with Crippen LogP contribution in [0.15, 0.2) is 53.4 Å². The van der Waals surface area contributed by atoms with Gasteiger partial charge in [-0.3, -0.25) is 4.79 Å². The maximum absolute atomic E-state index is 13.0. The van der Waals surface area contributed by atoms with Gasteiger partial charge in [0.2, 0.25) is 15.9 Å². The average molecular weight is 370 g/mol. The first-order valence-electron chi connectivity index (χ1n) is 8.99. The zero-order valence-corrected chi connectivity index (χ0v) is 15.6. The first kappa shape index (κ1) is 17.2. The Kier molecular flexibility index (Phi) is 4.32. The van der Waals surface area contributed by atoms with E-state index < -0.39 is 10.0 Å². The van der Waals surface area contributed by atoms with E-state index in [0.29, 0.717) is 26.1 Å². The molecule has 0 aliphatic carbocycles. The molecular formula is C20H22N2O3S. The monoisotopic (exact) mass is 370 g/mol. The second-order valence-electron chi connectivity index (χ2n) is 6.87. The predicted molar refractivity (Wildman–Crippen MR) is 101 cm³/mol. The van der Waals surface area contributed by atoms with Gasteiger partial charge in [0.25, 0.3) is 0 Å². The van der Waals surface area contributed by atoms with Gasteiger partial charge < -0.3 is 4.90 Å². The quantitative estimate of drug-likeness (QED) is 0.832. The van der Waals surface area contributed by atoms with Crippen LogP contribution >= 0.6 is 0 Å². The number of rotatable bonds is 4. The molecule has 0 bridgehead atoms. The summed E-state index contributed by atoms with van der Waals surface area (Å²) < 4.78 is 27.4. The molecule has 0 atom stereocenters. The van der Waals surface area contributed by atoms with Crippen molar-refractivity contribution < 1.29 is 13.2 Å². The normalized spacial score (nSPS) is 17.8. The topological polar surface area (TPSA) is 57.7 Å². The minimum absolute atomic E-state index is 0.0337. The number of hydrogen-bond donors (Lipinski definition) is 0. The van der Waals surface area contributed by atoms with Crippen LogP contribution in [0.5, 0.6) is 0 Å². The fourth-order valence-corrected chi connectivity index (χ4v) is 5.24. The molecule has 2 aromatic carbocycles. The molecular weight excluding hydrogens is 348 g/mol. The number of benzene rings is 2. The Morgan fingerprint density at radius 2 is 1.85 bits per heavy atom. The number of carbonyl (C=O) groups is 1. The van der Waals surface area contributed by atoms with E-state index in [4.69, 9.17) is 0 Å². The van der Waals surface area contributed by atoms with Crippen molar-refractivity contribution in [3.05, 3.63) is 59.7 Å². The van der Waals surface area contributed by atoms with Crippen molar-refractivity contribution in [1.82, 2.24) is 4.31 Å². The summed E-state index contributed by atoms with van der Waals surface area (Å²) in [5.41, 5.74) is 2.96. The van der Waals surface area contributed by atoms with Gasteiger partial charge in [-0.05, 0) is 29.7 Å². The molecule has 2 aliphatic heterocycles. The van der Waals surface area contributed by atoms with Crippen molar-refractivity contribution in [2.24, 2.45) is 0 Å². The number of amides is 1. The van der Waals surface area contributed by atoms with Gasteiger partial charge in [0.1, 0.15) is 0 Å². The summed E-state index contributed by atoms with van der Waals surface area (Å²) in [5.74, 6) is 0.282. The Hall–Kier alpha value is -2.18. The van der Waals surface area contributed by atoms with E-state index >= 15 is 0 Å². The van der Waals surface area contributed by atoms with E-state index in [1.807, 2.05) is 43.3 Å². The highest BCUT2D eigenvalue weighted by molar-refractivity contribution is 7.89. The Bertz CT molecular complexity index is 935. The molecule has 2 heterocycles. The van der Waals surface area contributed by atoms with Gasteiger partial charge in [0, 0.05) is 37.7 Å². The average Bonchev–Trinajstić information content (AvgIpc) is 3.03. The fraction of sp³-hybridized carbons (Fsp3) is 0.350. The SMILES string of the molecule is CCC(=O)N1CCc2ccc(S(=O)(=O)N3CC(c4ccccc4)C3)cc21. The smallest absolute Gasteiger partial charge is 0.243 e. The van der Waals surface area contributed by atoms with Gasteiger partial charge in [-0.1, -0.05) is 43.3 Å². The summed E-state index contributed by atoms with van der Waals surface area (Å²) in [7, 11) is -3.53. The van der Waals surface area contributed by atoms with E-state index in [1.54, 1.807) is 17.0 Å². The van der Waals surface area contributed by atoms with Crippen LogP contribution in [0.25, 0.3) is 0 Å². The van der Waals surface area contributed by atoms with Gasteiger partial charge >= 0.3 is 0 Å². The van der Waals surface area contributed by atoms with E-state index in [2.05, 4.69) is 0 Å². The van der Waals surface area contributed by atoms with Gasteiger partial charge in [-0.15, -0.1) is 0 Å². The molecule has 26 heavy (non-hydrogen) atoms. The standard InChI is InChI=1S/C20H22N2O3S/c1-2-20(23)22-11-10-16-8-9-18(12-19(16)22)26(24,25)21-13-17(14-21)15-6-4-3-5-7-15/h3-9,12,17H,2,10-11,13-14H2,1H3. The molecule has 136 valence electrons. The van der Waals surface area contributed by atoms with E-state index in [1.165, 1.54) is 9.87 Å². The van der Waals surface area contributed by atoms with Crippen LogP contribution in [0.3, 0.4) is 0 Å². The van der Waals surface area contributed by atoms with E-state index in [-0.39, 0.29) is 16.7 Å². The molecule has 0 unspecified atom stereocenters. The third kappa shape index (κ3) is 2.83. The summed E-state index contributed by atoms with van der Waals surface area (Å²) in [6, 6.07) is 15.2. The highest BCUT2D eigenvalue weighted by atomic mass is 32.2. The number of anilines is 1. The summed E-state index contributed by atoms with van der Waals surface area (Å²) in [4.78, 5) is 14.1. The molecule has 1 saturated heterocycles. The van der Waals surface area contributed by atoms with Crippen LogP contribution in [0.1, 0.15) is 30.4 Å². The predicted octanol–water partition coefficient (Wildman–Crippen LogP) is 2.77.